The molecule has 138 valence electrons. The van der Waals surface area contributed by atoms with Gasteiger partial charge in [-0.15, -0.1) is 0 Å². The summed E-state index contributed by atoms with van der Waals surface area (Å²) < 4.78 is 0. The predicted molar refractivity (Wildman–Crippen MR) is 94.7 cm³/mol. The Kier molecular flexibility index (Phi) is 4.49. The molecule has 0 saturated heterocycles. The molecule has 0 aliphatic carbocycles. The topological polar surface area (TPSA) is 106 Å². The van der Waals surface area contributed by atoms with E-state index < -0.39 is 23.2 Å². The van der Waals surface area contributed by atoms with Gasteiger partial charge in [0.05, 0.1) is 16.7 Å². The van der Waals surface area contributed by atoms with E-state index in [2.05, 4.69) is 10.3 Å². The molecule has 3 amide bonds. The van der Waals surface area contributed by atoms with Crippen LogP contribution in [0.25, 0.3) is 0 Å². The van der Waals surface area contributed by atoms with E-state index in [4.69, 9.17) is 4.84 Å². The normalized spacial score (nSPS) is 13.4. The number of aromatic nitrogens is 1. The van der Waals surface area contributed by atoms with Crippen molar-refractivity contribution in [3.05, 3.63) is 59.3 Å². The molecule has 2 heterocycles. The third kappa shape index (κ3) is 3.55. The summed E-state index contributed by atoms with van der Waals surface area (Å²) in [6.45, 7) is 5.28. The molecule has 1 aromatic heterocycles. The van der Waals surface area contributed by atoms with Crippen LogP contribution in [0.2, 0.25) is 0 Å². The highest BCUT2D eigenvalue weighted by Crippen LogP contribution is 2.23. The molecule has 0 atom stereocenters. The van der Waals surface area contributed by atoms with Crippen LogP contribution in [0.4, 0.5) is 5.82 Å². The number of hydrogen-bond donors (Lipinski definition) is 1. The molecule has 1 aromatic carbocycles. The zero-order chi connectivity index (χ0) is 19.8. The molecule has 8 heteroatoms. The van der Waals surface area contributed by atoms with Crippen LogP contribution >= 0.6 is 0 Å². The highest BCUT2D eigenvalue weighted by atomic mass is 16.7. The van der Waals surface area contributed by atoms with Gasteiger partial charge in [-0.3, -0.25) is 14.4 Å². The first-order valence-electron chi connectivity index (χ1n) is 8.16. The zero-order valence-corrected chi connectivity index (χ0v) is 15.0. The van der Waals surface area contributed by atoms with Gasteiger partial charge in [0.25, 0.3) is 11.8 Å². The second kappa shape index (κ2) is 6.64. The number of benzene rings is 1. The second-order valence-corrected chi connectivity index (χ2v) is 6.97. The van der Waals surface area contributed by atoms with Crippen LogP contribution in [0, 0.1) is 5.41 Å². The van der Waals surface area contributed by atoms with E-state index in [9.17, 15) is 19.2 Å². The number of nitrogens with one attached hydrogen (secondary N) is 1. The van der Waals surface area contributed by atoms with Crippen molar-refractivity contribution < 1.29 is 24.0 Å². The van der Waals surface area contributed by atoms with Gasteiger partial charge in [0, 0.05) is 11.6 Å². The van der Waals surface area contributed by atoms with Gasteiger partial charge in [-0.25, -0.2) is 9.78 Å². The van der Waals surface area contributed by atoms with Gasteiger partial charge in [0.15, 0.2) is 0 Å². The third-order valence-electron chi connectivity index (χ3n) is 3.85. The Labute approximate surface area is 155 Å². The Morgan fingerprint density at radius 3 is 2.07 bits per heavy atom. The van der Waals surface area contributed by atoms with Crippen molar-refractivity contribution in [1.29, 1.82) is 0 Å². The van der Waals surface area contributed by atoms with Crippen LogP contribution in [-0.4, -0.2) is 33.7 Å². The van der Waals surface area contributed by atoms with Gasteiger partial charge in [0.1, 0.15) is 5.82 Å². The number of hydroxylamine groups is 2. The number of rotatable bonds is 3. The lowest BCUT2D eigenvalue weighted by molar-refractivity contribution is -0.123. The largest absolute Gasteiger partial charge is 0.365 e. The van der Waals surface area contributed by atoms with Crippen molar-refractivity contribution in [3.63, 3.8) is 0 Å². The lowest BCUT2D eigenvalue weighted by Gasteiger charge is -2.17. The Balaban J connectivity index is 1.70. The summed E-state index contributed by atoms with van der Waals surface area (Å²) in [6.07, 6.45) is 1.19. The molecule has 8 nitrogen and oxygen atoms in total. The molecule has 1 aliphatic heterocycles. The molecular formula is C19H17N3O5. The van der Waals surface area contributed by atoms with E-state index in [1.165, 1.54) is 30.5 Å². The fourth-order valence-electron chi connectivity index (χ4n) is 2.28. The Morgan fingerprint density at radius 2 is 1.59 bits per heavy atom. The van der Waals surface area contributed by atoms with Crippen LogP contribution < -0.4 is 5.32 Å². The number of fused-ring (bicyclic) bond motifs is 1. The molecule has 2 aromatic rings. The Bertz CT molecular complexity index is 910. The fourth-order valence-corrected chi connectivity index (χ4v) is 2.28. The summed E-state index contributed by atoms with van der Waals surface area (Å²) in [5.41, 5.74) is -0.215. The molecular weight excluding hydrogens is 350 g/mol. The minimum atomic E-state index is -0.911. The quantitative estimate of drug-likeness (QED) is 0.835. The predicted octanol–water partition coefficient (Wildman–Crippen LogP) is 2.43. The van der Waals surface area contributed by atoms with E-state index in [-0.39, 0.29) is 28.4 Å². The first-order valence-corrected chi connectivity index (χ1v) is 8.16. The lowest BCUT2D eigenvalue weighted by Crippen LogP contribution is -2.32. The summed E-state index contributed by atoms with van der Waals surface area (Å²) in [4.78, 5) is 57.5. The summed E-state index contributed by atoms with van der Waals surface area (Å²) in [5.74, 6) is -2.27. The van der Waals surface area contributed by atoms with Crippen molar-refractivity contribution in [1.82, 2.24) is 10.0 Å². The average Bonchev–Trinajstić information content (AvgIpc) is 2.87. The fraction of sp³-hybridized carbons (Fsp3) is 0.211. The Hall–Kier alpha value is -3.55. The number of imide groups is 1. The summed E-state index contributed by atoms with van der Waals surface area (Å²) in [6, 6.07) is 9.01. The maximum absolute atomic E-state index is 12.2. The smallest absolute Gasteiger partial charge is 0.324 e. The number of pyridine rings is 1. The van der Waals surface area contributed by atoms with Crippen molar-refractivity contribution in [2.45, 2.75) is 20.8 Å². The maximum atomic E-state index is 12.2. The van der Waals surface area contributed by atoms with Crippen LogP contribution in [0.3, 0.4) is 0 Å². The lowest BCUT2D eigenvalue weighted by atomic mass is 9.96. The maximum Gasteiger partial charge on any atom is 0.365 e. The highest BCUT2D eigenvalue weighted by molar-refractivity contribution is 6.21. The standard InChI is InChI=1S/C19H17N3O5/c1-19(2,3)18(26)21-14-9-8-11(10-20-14)17(25)27-22-15(23)12-6-4-5-7-13(12)16(22)24/h4-10H,1-3H3,(H,20,21,26). The van der Waals surface area contributed by atoms with Crippen LogP contribution in [-0.2, 0) is 9.63 Å². The first kappa shape index (κ1) is 18.2. The molecule has 0 unspecified atom stereocenters. The van der Waals surface area contributed by atoms with Gasteiger partial charge in [-0.1, -0.05) is 38.0 Å². The Morgan fingerprint density at radius 1 is 1.00 bits per heavy atom. The minimum absolute atomic E-state index is 0.0281. The van der Waals surface area contributed by atoms with Gasteiger partial charge < -0.3 is 10.2 Å². The molecule has 27 heavy (non-hydrogen) atoms. The molecule has 0 bridgehead atoms. The summed E-state index contributed by atoms with van der Waals surface area (Å²) in [7, 11) is 0. The summed E-state index contributed by atoms with van der Waals surface area (Å²) >= 11 is 0. The van der Waals surface area contributed by atoms with E-state index in [1.807, 2.05) is 0 Å². The van der Waals surface area contributed by atoms with Crippen LogP contribution in [0.15, 0.2) is 42.6 Å². The van der Waals surface area contributed by atoms with Gasteiger partial charge >= 0.3 is 5.97 Å². The van der Waals surface area contributed by atoms with Gasteiger partial charge in [-0.05, 0) is 24.3 Å². The number of anilines is 1. The zero-order valence-electron chi connectivity index (χ0n) is 15.0. The molecule has 0 radical (unpaired) electrons. The average molecular weight is 367 g/mol. The van der Waals surface area contributed by atoms with Crippen LogP contribution in [0.1, 0.15) is 51.8 Å². The molecule has 1 aliphatic rings. The minimum Gasteiger partial charge on any atom is -0.324 e. The molecule has 0 saturated carbocycles. The van der Waals surface area contributed by atoms with Crippen molar-refractivity contribution in [2.24, 2.45) is 5.41 Å². The van der Waals surface area contributed by atoms with E-state index in [0.29, 0.717) is 5.06 Å². The van der Waals surface area contributed by atoms with Gasteiger partial charge in [-0.2, -0.15) is 0 Å². The van der Waals surface area contributed by atoms with Crippen molar-refractivity contribution >= 4 is 29.5 Å². The molecule has 0 fully saturated rings. The first-order chi connectivity index (χ1) is 12.7. The van der Waals surface area contributed by atoms with Crippen molar-refractivity contribution in [2.75, 3.05) is 5.32 Å². The number of hydrogen-bond acceptors (Lipinski definition) is 6. The number of nitrogens with zero attached hydrogens (tertiary/aromatic N) is 2. The molecule has 1 N–H and O–H groups in total. The number of carbonyl (C=O) groups excluding carboxylic acids is 4. The third-order valence-corrected chi connectivity index (χ3v) is 3.85. The molecule has 0 spiro atoms. The monoisotopic (exact) mass is 367 g/mol. The molecule has 3 rings (SSSR count). The SMILES string of the molecule is CC(C)(C)C(=O)Nc1ccc(C(=O)ON2C(=O)c3ccccc3C2=O)cn1. The van der Waals surface area contributed by atoms with Crippen LogP contribution in [0.5, 0.6) is 0 Å². The van der Waals surface area contributed by atoms with Crippen molar-refractivity contribution in [3.8, 4) is 0 Å². The van der Waals surface area contributed by atoms with E-state index in [1.54, 1.807) is 32.9 Å². The summed E-state index contributed by atoms with van der Waals surface area (Å²) in [5, 5.41) is 3.06. The van der Waals surface area contributed by atoms with Gasteiger partial charge in [0.2, 0.25) is 5.91 Å². The number of carbonyl (C=O) groups is 4. The highest BCUT2D eigenvalue weighted by Gasteiger charge is 2.38. The van der Waals surface area contributed by atoms with E-state index in [0.717, 1.165) is 0 Å². The number of amides is 3. The second-order valence-electron chi connectivity index (χ2n) is 6.97. The van der Waals surface area contributed by atoms with E-state index >= 15 is 0 Å².